The van der Waals surface area contributed by atoms with E-state index in [9.17, 15) is 10.2 Å². The van der Waals surface area contributed by atoms with Crippen LogP contribution in [0.1, 0.15) is 120 Å². The first-order valence-corrected chi connectivity index (χ1v) is 13.0. The number of hydrogen-bond donors (Lipinski definition) is 2. The van der Waals surface area contributed by atoms with Crippen LogP contribution < -0.4 is 0 Å². The van der Waals surface area contributed by atoms with Crippen molar-refractivity contribution >= 4 is 0 Å². The summed E-state index contributed by atoms with van der Waals surface area (Å²) in [6.45, 7) is 17.1. The standard InChI is InChI=1S/C30H52O2/c1-25(2)15-11-17-27(5)19-13-23-29(7,31)21-9-10-22-30(8,32)24-14-20-28(6)18-12-16-26(3)4/h13,23,25-28,31-32H,11-12,14-20,24H2,1-8H3. The third-order valence-corrected chi connectivity index (χ3v) is 6.01. The van der Waals surface area contributed by atoms with E-state index in [1.807, 2.05) is 6.08 Å². The van der Waals surface area contributed by atoms with Crippen LogP contribution in [-0.4, -0.2) is 21.4 Å². The second kappa shape index (κ2) is 16.4. The topological polar surface area (TPSA) is 40.5 Å². The van der Waals surface area contributed by atoms with Crippen LogP contribution in [0.25, 0.3) is 0 Å². The Hall–Kier alpha value is -1.22. The van der Waals surface area contributed by atoms with Gasteiger partial charge in [0.2, 0.25) is 0 Å². The van der Waals surface area contributed by atoms with E-state index in [1.54, 1.807) is 19.9 Å². The van der Waals surface area contributed by atoms with Crippen molar-refractivity contribution in [3.05, 3.63) is 12.2 Å². The van der Waals surface area contributed by atoms with Crippen molar-refractivity contribution in [3.63, 3.8) is 0 Å². The summed E-state index contributed by atoms with van der Waals surface area (Å²) in [5, 5.41) is 20.9. The Bertz CT molecular complexity index is 631. The minimum atomic E-state index is -1.19. The fourth-order valence-corrected chi connectivity index (χ4v) is 3.76. The molecule has 2 heteroatoms. The van der Waals surface area contributed by atoms with Crippen molar-refractivity contribution in [2.75, 3.05) is 0 Å². The molecule has 0 amide bonds. The highest BCUT2D eigenvalue weighted by atomic mass is 16.3. The molecule has 0 aromatic carbocycles. The molecule has 0 bridgehead atoms. The van der Waals surface area contributed by atoms with Crippen LogP contribution in [0.2, 0.25) is 0 Å². The van der Waals surface area contributed by atoms with Crippen molar-refractivity contribution in [3.8, 4) is 23.7 Å². The molecule has 0 heterocycles. The van der Waals surface area contributed by atoms with Crippen molar-refractivity contribution in [2.45, 2.75) is 131 Å². The van der Waals surface area contributed by atoms with Crippen molar-refractivity contribution in [1.82, 2.24) is 0 Å². The molecule has 0 spiro atoms. The van der Waals surface area contributed by atoms with Crippen LogP contribution in [-0.2, 0) is 0 Å². The average molecular weight is 445 g/mol. The predicted molar refractivity (Wildman–Crippen MR) is 140 cm³/mol. The normalized spacial score (nSPS) is 17.2. The van der Waals surface area contributed by atoms with Gasteiger partial charge in [0, 0.05) is 0 Å². The van der Waals surface area contributed by atoms with Crippen molar-refractivity contribution in [2.24, 2.45) is 23.7 Å². The Morgan fingerprint density at radius 2 is 1.19 bits per heavy atom. The molecule has 2 N–H and O–H groups in total. The number of rotatable bonds is 15. The zero-order chi connectivity index (χ0) is 24.6. The lowest BCUT2D eigenvalue weighted by Crippen LogP contribution is -2.21. The monoisotopic (exact) mass is 444 g/mol. The first-order chi connectivity index (χ1) is 14.8. The smallest absolute Gasteiger partial charge is 0.142 e. The Kier molecular flexibility index (Phi) is 15.8. The van der Waals surface area contributed by atoms with E-state index >= 15 is 0 Å². The summed E-state index contributed by atoms with van der Waals surface area (Å²) in [4.78, 5) is 0. The Morgan fingerprint density at radius 1 is 0.688 bits per heavy atom. The first kappa shape index (κ1) is 30.8. The molecule has 0 rings (SSSR count). The van der Waals surface area contributed by atoms with Gasteiger partial charge in [-0.3, -0.25) is 0 Å². The number of aliphatic hydroxyl groups is 2. The highest BCUT2D eigenvalue weighted by Gasteiger charge is 2.17. The SMILES string of the molecule is CC(C)CCCC(C)CC=CC(C)(O)C#CC#CC(C)(O)CCCC(C)CCCC(C)C. The molecule has 0 fully saturated rings. The molecule has 0 aliphatic heterocycles. The Balaban J connectivity index is 4.38. The molecule has 184 valence electrons. The minimum absolute atomic E-state index is 0.613. The number of hydrogen-bond acceptors (Lipinski definition) is 2. The van der Waals surface area contributed by atoms with Gasteiger partial charge in [-0.05, 0) is 74.7 Å². The molecule has 2 nitrogen and oxygen atoms in total. The van der Waals surface area contributed by atoms with E-state index in [1.165, 1.54) is 38.5 Å². The summed E-state index contributed by atoms with van der Waals surface area (Å²) in [5.41, 5.74) is -2.22. The third kappa shape index (κ3) is 19.5. The molecule has 0 saturated heterocycles. The predicted octanol–water partition coefficient (Wildman–Crippen LogP) is 7.54. The zero-order valence-corrected chi connectivity index (χ0v) is 22.4. The van der Waals surface area contributed by atoms with E-state index in [2.05, 4.69) is 65.2 Å². The van der Waals surface area contributed by atoms with Gasteiger partial charge in [0.1, 0.15) is 11.2 Å². The second-order valence-electron chi connectivity index (χ2n) is 11.3. The minimum Gasteiger partial charge on any atom is -0.378 e. The van der Waals surface area contributed by atoms with Gasteiger partial charge in [0.15, 0.2) is 0 Å². The molecule has 4 unspecified atom stereocenters. The lowest BCUT2D eigenvalue weighted by atomic mass is 9.92. The summed E-state index contributed by atoms with van der Waals surface area (Å²) >= 11 is 0. The molecular weight excluding hydrogens is 392 g/mol. The van der Waals surface area contributed by atoms with Gasteiger partial charge in [0.05, 0.1) is 0 Å². The molecule has 0 saturated carbocycles. The summed E-state index contributed by atoms with van der Waals surface area (Å²) in [5.74, 6) is 14.0. The van der Waals surface area contributed by atoms with E-state index in [4.69, 9.17) is 0 Å². The maximum absolute atomic E-state index is 10.5. The van der Waals surface area contributed by atoms with Crippen LogP contribution in [0, 0.1) is 47.4 Å². The lowest BCUT2D eigenvalue weighted by Gasteiger charge is -2.18. The maximum Gasteiger partial charge on any atom is 0.142 e. The van der Waals surface area contributed by atoms with Crippen LogP contribution in [0.3, 0.4) is 0 Å². The highest BCUT2D eigenvalue weighted by Crippen LogP contribution is 2.20. The third-order valence-electron chi connectivity index (χ3n) is 6.01. The molecular formula is C30H52O2. The van der Waals surface area contributed by atoms with Gasteiger partial charge in [-0.1, -0.05) is 104 Å². The Morgan fingerprint density at radius 3 is 1.75 bits per heavy atom. The van der Waals surface area contributed by atoms with Crippen molar-refractivity contribution in [1.29, 1.82) is 0 Å². The molecule has 0 aliphatic carbocycles. The lowest BCUT2D eigenvalue weighted by molar-refractivity contribution is 0.107. The summed E-state index contributed by atoms with van der Waals surface area (Å²) in [6.07, 6.45) is 15.1. The molecule has 0 aliphatic rings. The molecule has 4 atom stereocenters. The quantitative estimate of drug-likeness (QED) is 0.202. The Labute approximate surface area is 200 Å². The highest BCUT2D eigenvalue weighted by molar-refractivity contribution is 5.34. The summed E-state index contributed by atoms with van der Waals surface area (Å²) in [7, 11) is 0. The van der Waals surface area contributed by atoms with Crippen LogP contribution in [0.4, 0.5) is 0 Å². The molecule has 0 aromatic heterocycles. The average Bonchev–Trinajstić information content (AvgIpc) is 2.64. The van der Waals surface area contributed by atoms with Gasteiger partial charge in [0.25, 0.3) is 0 Å². The van der Waals surface area contributed by atoms with Gasteiger partial charge in [-0.25, -0.2) is 0 Å². The van der Waals surface area contributed by atoms with Gasteiger partial charge < -0.3 is 10.2 Å². The van der Waals surface area contributed by atoms with Crippen LogP contribution in [0.15, 0.2) is 12.2 Å². The van der Waals surface area contributed by atoms with Gasteiger partial charge in [-0.15, -0.1) is 0 Å². The second-order valence-corrected chi connectivity index (χ2v) is 11.3. The fraction of sp³-hybridized carbons (Fsp3) is 0.800. The molecule has 0 radical (unpaired) electrons. The van der Waals surface area contributed by atoms with E-state index in [-0.39, 0.29) is 0 Å². The van der Waals surface area contributed by atoms with Gasteiger partial charge in [-0.2, -0.15) is 0 Å². The van der Waals surface area contributed by atoms with E-state index < -0.39 is 11.2 Å². The first-order valence-electron chi connectivity index (χ1n) is 13.0. The molecule has 0 aromatic rings. The van der Waals surface area contributed by atoms with Crippen LogP contribution >= 0.6 is 0 Å². The van der Waals surface area contributed by atoms with Gasteiger partial charge >= 0.3 is 0 Å². The van der Waals surface area contributed by atoms with E-state index in [0.717, 1.165) is 31.1 Å². The number of allylic oxidation sites excluding steroid dienone is 1. The van der Waals surface area contributed by atoms with Crippen molar-refractivity contribution < 1.29 is 10.2 Å². The summed E-state index contributed by atoms with van der Waals surface area (Å²) in [6, 6.07) is 0. The maximum atomic E-state index is 10.5. The largest absolute Gasteiger partial charge is 0.378 e. The van der Waals surface area contributed by atoms with Crippen LogP contribution in [0.5, 0.6) is 0 Å². The fourth-order valence-electron chi connectivity index (χ4n) is 3.76. The molecule has 32 heavy (non-hydrogen) atoms. The summed E-state index contributed by atoms with van der Waals surface area (Å²) < 4.78 is 0. The zero-order valence-electron chi connectivity index (χ0n) is 22.4. The van der Waals surface area contributed by atoms with E-state index in [0.29, 0.717) is 18.3 Å².